The maximum atomic E-state index is 13.7. The number of carbonyl (C=O) groups excluding carboxylic acids is 4. The minimum atomic E-state index is -0.738. The highest BCUT2D eigenvalue weighted by atomic mass is 16.5. The molecule has 0 bridgehead atoms. The highest BCUT2D eigenvalue weighted by Crippen LogP contribution is 2.32. The Morgan fingerprint density at radius 3 is 2.11 bits per heavy atom. The smallest absolute Gasteiger partial charge is 0.245 e. The van der Waals surface area contributed by atoms with Gasteiger partial charge in [-0.1, -0.05) is 59.3 Å². The van der Waals surface area contributed by atoms with Crippen molar-refractivity contribution < 1.29 is 24.4 Å². The summed E-state index contributed by atoms with van der Waals surface area (Å²) >= 11 is 0. The molecule has 0 aromatic rings. The lowest BCUT2D eigenvalue weighted by molar-refractivity contribution is -0.156. The van der Waals surface area contributed by atoms with Crippen molar-refractivity contribution in [3.8, 4) is 0 Å². The van der Waals surface area contributed by atoms with Crippen LogP contribution in [-0.2, 0) is 19.2 Å². The molecule has 0 spiro atoms. The second-order valence-electron chi connectivity index (χ2n) is 12.6. The number of nitrogens with one attached hydrogen (secondary N) is 1. The largest absolute Gasteiger partial charge is 0.344 e. The first-order chi connectivity index (χ1) is 17.5. The quantitative estimate of drug-likeness (QED) is 0.261. The molecule has 9 heteroatoms. The summed E-state index contributed by atoms with van der Waals surface area (Å²) in [5, 5.41) is 13.3. The fourth-order valence-electron chi connectivity index (χ4n) is 6.38. The fraction of sp³-hybridized carbons (Fsp3) is 0.857. The van der Waals surface area contributed by atoms with Crippen LogP contribution in [0.2, 0.25) is 0 Å². The van der Waals surface area contributed by atoms with Gasteiger partial charge >= 0.3 is 0 Å². The molecule has 2 unspecified atom stereocenters. The molecule has 1 aliphatic heterocycles. The molecule has 9 nitrogen and oxygen atoms in total. The Hall–Kier alpha value is -2.16. The van der Waals surface area contributed by atoms with E-state index in [4.69, 9.17) is 0 Å². The Morgan fingerprint density at radius 1 is 1.00 bits per heavy atom. The van der Waals surface area contributed by atoms with Crippen LogP contribution in [0.5, 0.6) is 0 Å². The minimum Gasteiger partial charge on any atom is -0.344 e. The number of nitrogens with zero attached hydrogens (tertiary/aromatic N) is 3. The second kappa shape index (κ2) is 13.1. The zero-order valence-electron chi connectivity index (χ0n) is 23.3. The molecular formula is C28H48N4O5. The standard InChI is InChI=1S/C28H48N4O5/c1-28(2,3)24(29-25(34)22(18-32(37)19-33)17-20-9-5-6-10-20)27(36)30(4)23-13-15-31(16-14-23)26(35)21-11-7-8-12-21/h19-24,37H,5-18H2,1-4H3,(H,29,34). The maximum Gasteiger partial charge on any atom is 0.245 e. The summed E-state index contributed by atoms with van der Waals surface area (Å²) in [7, 11) is 1.80. The van der Waals surface area contributed by atoms with Crippen molar-refractivity contribution in [2.45, 2.75) is 103 Å². The van der Waals surface area contributed by atoms with Gasteiger partial charge in [0.2, 0.25) is 24.1 Å². The Bertz CT molecular complexity index is 793. The van der Waals surface area contributed by atoms with Crippen molar-refractivity contribution in [3.05, 3.63) is 0 Å². The van der Waals surface area contributed by atoms with Crippen LogP contribution in [0.3, 0.4) is 0 Å². The van der Waals surface area contributed by atoms with Crippen molar-refractivity contribution in [2.24, 2.45) is 23.2 Å². The number of amides is 4. The molecule has 1 heterocycles. The Morgan fingerprint density at radius 2 is 1.57 bits per heavy atom. The molecule has 210 valence electrons. The van der Waals surface area contributed by atoms with E-state index in [1.54, 1.807) is 11.9 Å². The van der Waals surface area contributed by atoms with Gasteiger partial charge in [-0.2, -0.15) is 0 Å². The van der Waals surface area contributed by atoms with Crippen LogP contribution in [0, 0.1) is 23.2 Å². The Kier molecular flexibility index (Phi) is 10.4. The predicted octanol–water partition coefficient (Wildman–Crippen LogP) is 3.20. The summed E-state index contributed by atoms with van der Waals surface area (Å²) in [6, 6.07) is -0.725. The van der Waals surface area contributed by atoms with Gasteiger partial charge in [-0.15, -0.1) is 0 Å². The molecule has 2 atom stereocenters. The number of hydrogen-bond donors (Lipinski definition) is 2. The lowest BCUT2D eigenvalue weighted by atomic mass is 9.84. The number of carbonyl (C=O) groups is 4. The number of hydrogen-bond acceptors (Lipinski definition) is 5. The fourth-order valence-corrected chi connectivity index (χ4v) is 6.38. The van der Waals surface area contributed by atoms with Crippen molar-refractivity contribution in [1.82, 2.24) is 20.2 Å². The molecule has 3 rings (SSSR count). The average molecular weight is 521 g/mol. The van der Waals surface area contributed by atoms with Gasteiger partial charge in [0.15, 0.2) is 0 Å². The monoisotopic (exact) mass is 520 g/mol. The number of likely N-dealkylation sites (tertiary alicyclic amines) is 1. The maximum absolute atomic E-state index is 13.7. The average Bonchev–Trinajstić information content (AvgIpc) is 3.59. The molecule has 1 saturated heterocycles. The van der Waals surface area contributed by atoms with E-state index < -0.39 is 17.4 Å². The summed E-state index contributed by atoms with van der Waals surface area (Å²) in [6.07, 6.45) is 11.0. The Labute approximate surface area is 222 Å². The number of piperidine rings is 1. The summed E-state index contributed by atoms with van der Waals surface area (Å²) in [5.41, 5.74) is -0.526. The molecule has 37 heavy (non-hydrogen) atoms. The van der Waals surface area contributed by atoms with E-state index in [1.165, 1.54) is 0 Å². The van der Waals surface area contributed by atoms with Crippen molar-refractivity contribution in [3.63, 3.8) is 0 Å². The molecule has 4 amide bonds. The number of rotatable bonds is 10. The highest BCUT2D eigenvalue weighted by molar-refractivity contribution is 5.89. The molecule has 3 fully saturated rings. The first kappa shape index (κ1) is 29.4. The van der Waals surface area contributed by atoms with Crippen LogP contribution < -0.4 is 5.32 Å². The zero-order chi connectivity index (χ0) is 27.2. The molecule has 2 N–H and O–H groups in total. The van der Waals surface area contributed by atoms with E-state index in [9.17, 15) is 24.4 Å². The van der Waals surface area contributed by atoms with E-state index in [-0.39, 0.29) is 36.2 Å². The van der Waals surface area contributed by atoms with Crippen LogP contribution >= 0.6 is 0 Å². The molecule has 3 aliphatic rings. The Balaban J connectivity index is 1.62. The minimum absolute atomic E-state index is 0.0131. The molecule has 2 saturated carbocycles. The SMILES string of the molecule is CN(C(=O)C(NC(=O)C(CC1CCCC1)CN(O)C=O)C(C)(C)C)C1CCN(C(=O)C2CCCC2)CC1. The lowest BCUT2D eigenvalue weighted by Gasteiger charge is -2.41. The van der Waals surface area contributed by atoms with Crippen LogP contribution in [-0.4, -0.2) is 83.0 Å². The third kappa shape index (κ3) is 7.91. The first-order valence-corrected chi connectivity index (χ1v) is 14.3. The van der Waals surface area contributed by atoms with Gasteiger partial charge in [-0.25, -0.2) is 5.06 Å². The van der Waals surface area contributed by atoms with E-state index in [1.807, 2.05) is 25.7 Å². The second-order valence-corrected chi connectivity index (χ2v) is 12.6. The van der Waals surface area contributed by atoms with Gasteiger partial charge in [0.25, 0.3) is 0 Å². The van der Waals surface area contributed by atoms with Crippen LogP contribution in [0.1, 0.15) is 91.4 Å². The van der Waals surface area contributed by atoms with Crippen molar-refractivity contribution in [1.29, 1.82) is 0 Å². The summed E-state index contributed by atoms with van der Waals surface area (Å²) in [6.45, 7) is 7.03. The van der Waals surface area contributed by atoms with E-state index in [0.717, 1.165) is 64.2 Å². The van der Waals surface area contributed by atoms with E-state index >= 15 is 0 Å². The topological polar surface area (TPSA) is 110 Å². The van der Waals surface area contributed by atoms with E-state index in [2.05, 4.69) is 5.32 Å². The predicted molar refractivity (Wildman–Crippen MR) is 140 cm³/mol. The number of likely N-dealkylation sites (N-methyl/N-ethyl adjacent to an activating group) is 1. The summed E-state index contributed by atoms with van der Waals surface area (Å²) in [4.78, 5) is 54.7. The van der Waals surface area contributed by atoms with Gasteiger partial charge in [-0.05, 0) is 43.4 Å². The first-order valence-electron chi connectivity index (χ1n) is 14.3. The molecule has 0 aromatic carbocycles. The molecule has 0 aromatic heterocycles. The van der Waals surface area contributed by atoms with Crippen LogP contribution in [0.4, 0.5) is 0 Å². The van der Waals surface area contributed by atoms with Gasteiger partial charge in [0.1, 0.15) is 6.04 Å². The molecule has 0 radical (unpaired) electrons. The summed E-state index contributed by atoms with van der Waals surface area (Å²) in [5.74, 6) is -0.192. The zero-order valence-corrected chi connectivity index (χ0v) is 23.3. The molecule has 2 aliphatic carbocycles. The van der Waals surface area contributed by atoms with Gasteiger partial charge in [-0.3, -0.25) is 24.4 Å². The van der Waals surface area contributed by atoms with Crippen LogP contribution in [0.25, 0.3) is 0 Å². The van der Waals surface area contributed by atoms with Crippen LogP contribution in [0.15, 0.2) is 0 Å². The third-order valence-corrected chi connectivity index (χ3v) is 8.77. The third-order valence-electron chi connectivity index (χ3n) is 8.77. The van der Waals surface area contributed by atoms with Crippen molar-refractivity contribution >= 4 is 24.1 Å². The highest BCUT2D eigenvalue weighted by Gasteiger charge is 2.40. The van der Waals surface area contributed by atoms with E-state index in [0.29, 0.717) is 36.9 Å². The molecular weight excluding hydrogens is 472 g/mol. The normalized spacial score (nSPS) is 21.5. The van der Waals surface area contributed by atoms with Gasteiger partial charge in [0, 0.05) is 32.1 Å². The lowest BCUT2D eigenvalue weighted by Crippen LogP contribution is -2.58. The van der Waals surface area contributed by atoms with Gasteiger partial charge < -0.3 is 15.1 Å². The number of hydroxylamine groups is 2. The van der Waals surface area contributed by atoms with Gasteiger partial charge in [0.05, 0.1) is 12.5 Å². The summed E-state index contributed by atoms with van der Waals surface area (Å²) < 4.78 is 0. The van der Waals surface area contributed by atoms with Crippen molar-refractivity contribution in [2.75, 3.05) is 26.7 Å².